The van der Waals surface area contributed by atoms with E-state index >= 15 is 0 Å². The van der Waals surface area contributed by atoms with Gasteiger partial charge < -0.3 is 0 Å². The molecule has 0 unspecified atom stereocenters. The Morgan fingerprint density at radius 2 is 1.81 bits per heavy atom. The summed E-state index contributed by atoms with van der Waals surface area (Å²) < 4.78 is 0. The molecule has 1 aliphatic heterocycles. The van der Waals surface area contributed by atoms with Crippen LogP contribution in [-0.2, 0) is 6.54 Å². The van der Waals surface area contributed by atoms with Crippen molar-refractivity contribution in [3.05, 3.63) is 35.9 Å². The van der Waals surface area contributed by atoms with Crippen LogP contribution in [0.2, 0.25) is 0 Å². The molecular formula is C14H21N2. The Kier molecular flexibility index (Phi) is 4.37. The molecule has 2 rings (SSSR count). The molecular weight excluding hydrogens is 196 g/mol. The zero-order valence-corrected chi connectivity index (χ0v) is 9.86. The van der Waals surface area contributed by atoms with Crippen molar-refractivity contribution >= 4 is 0 Å². The van der Waals surface area contributed by atoms with Crippen molar-refractivity contribution in [1.29, 1.82) is 0 Å². The third-order valence-electron chi connectivity index (χ3n) is 3.51. The van der Waals surface area contributed by atoms with Crippen LogP contribution in [0.1, 0.15) is 24.8 Å². The highest BCUT2D eigenvalue weighted by Crippen LogP contribution is 2.21. The van der Waals surface area contributed by atoms with Gasteiger partial charge in [-0.05, 0) is 43.8 Å². The summed E-state index contributed by atoms with van der Waals surface area (Å²) in [4.78, 5) is 2.54. The lowest BCUT2D eigenvalue weighted by Gasteiger charge is -2.31. The Morgan fingerprint density at radius 3 is 2.44 bits per heavy atom. The van der Waals surface area contributed by atoms with Crippen LogP contribution in [0.15, 0.2) is 30.3 Å². The summed E-state index contributed by atoms with van der Waals surface area (Å²) in [5.74, 6) is 0.810. The van der Waals surface area contributed by atoms with Crippen molar-refractivity contribution in [2.45, 2.75) is 25.8 Å². The van der Waals surface area contributed by atoms with Gasteiger partial charge in [0.05, 0.1) is 0 Å². The fraction of sp³-hybridized carbons (Fsp3) is 0.571. The van der Waals surface area contributed by atoms with E-state index in [1.807, 2.05) is 0 Å². The minimum atomic E-state index is 0.601. The van der Waals surface area contributed by atoms with E-state index in [1.165, 1.54) is 31.5 Å². The molecule has 2 heteroatoms. The highest BCUT2D eigenvalue weighted by Gasteiger charge is 2.18. The maximum absolute atomic E-state index is 7.25. The Hall–Kier alpha value is -0.860. The maximum atomic E-state index is 7.25. The minimum absolute atomic E-state index is 0.601. The first-order chi connectivity index (χ1) is 7.88. The molecule has 1 aliphatic rings. The topological polar surface area (TPSA) is 27.0 Å². The van der Waals surface area contributed by atoms with Gasteiger partial charge in [0.1, 0.15) is 0 Å². The lowest BCUT2D eigenvalue weighted by molar-refractivity contribution is 0.173. The first-order valence-corrected chi connectivity index (χ1v) is 6.29. The van der Waals surface area contributed by atoms with E-state index in [2.05, 4.69) is 35.2 Å². The Balaban J connectivity index is 1.77. The average Bonchev–Trinajstić information content (AvgIpc) is 2.33. The van der Waals surface area contributed by atoms with Gasteiger partial charge in [-0.1, -0.05) is 30.3 Å². The minimum Gasteiger partial charge on any atom is -0.299 e. The van der Waals surface area contributed by atoms with Gasteiger partial charge in [0.2, 0.25) is 0 Å². The highest BCUT2D eigenvalue weighted by atomic mass is 15.1. The number of nitrogens with zero attached hydrogens (tertiary/aromatic N) is 1. The molecule has 0 spiro atoms. The van der Waals surface area contributed by atoms with Crippen LogP contribution in [0, 0.1) is 5.92 Å². The molecule has 1 radical (unpaired) electrons. The lowest BCUT2D eigenvalue weighted by Crippen LogP contribution is -2.33. The van der Waals surface area contributed by atoms with Gasteiger partial charge in [0.25, 0.3) is 0 Å². The predicted octanol–water partition coefficient (Wildman–Crippen LogP) is 2.57. The third kappa shape index (κ3) is 3.32. The highest BCUT2D eigenvalue weighted by molar-refractivity contribution is 5.14. The molecule has 1 aromatic rings. The van der Waals surface area contributed by atoms with Crippen LogP contribution >= 0.6 is 0 Å². The van der Waals surface area contributed by atoms with Crippen LogP contribution in [0.4, 0.5) is 0 Å². The number of hydrogen-bond acceptors (Lipinski definition) is 1. The summed E-state index contributed by atoms with van der Waals surface area (Å²) >= 11 is 0. The molecule has 1 heterocycles. The van der Waals surface area contributed by atoms with Gasteiger partial charge in [-0.25, -0.2) is 0 Å². The van der Waals surface area contributed by atoms with Crippen molar-refractivity contribution in [3.63, 3.8) is 0 Å². The van der Waals surface area contributed by atoms with Gasteiger partial charge in [-0.2, -0.15) is 0 Å². The van der Waals surface area contributed by atoms with E-state index < -0.39 is 0 Å². The Labute approximate surface area is 98.4 Å². The second-order valence-electron chi connectivity index (χ2n) is 4.74. The predicted molar refractivity (Wildman–Crippen MR) is 67.0 cm³/mol. The molecule has 1 aromatic carbocycles. The Bertz CT molecular complexity index is 289. The molecule has 0 atom stereocenters. The van der Waals surface area contributed by atoms with Crippen LogP contribution in [0.5, 0.6) is 0 Å². The zero-order chi connectivity index (χ0) is 11.2. The number of rotatable bonds is 4. The molecule has 1 saturated heterocycles. The van der Waals surface area contributed by atoms with Gasteiger partial charge in [-0.15, -0.1) is 0 Å². The molecule has 0 aliphatic carbocycles. The van der Waals surface area contributed by atoms with Crippen LogP contribution in [0.25, 0.3) is 0 Å². The zero-order valence-electron chi connectivity index (χ0n) is 9.86. The van der Waals surface area contributed by atoms with Crippen molar-refractivity contribution < 1.29 is 0 Å². The molecule has 2 nitrogen and oxygen atoms in total. The largest absolute Gasteiger partial charge is 0.299 e. The summed E-state index contributed by atoms with van der Waals surface area (Å²) in [6.07, 6.45) is 3.66. The van der Waals surface area contributed by atoms with E-state index in [0.29, 0.717) is 6.54 Å². The second-order valence-corrected chi connectivity index (χ2v) is 4.74. The quantitative estimate of drug-likeness (QED) is 0.761. The van der Waals surface area contributed by atoms with Crippen LogP contribution < -0.4 is 5.73 Å². The summed E-state index contributed by atoms with van der Waals surface area (Å²) in [7, 11) is 0. The van der Waals surface area contributed by atoms with Crippen LogP contribution in [-0.4, -0.2) is 24.5 Å². The molecule has 87 valence electrons. The van der Waals surface area contributed by atoms with E-state index in [4.69, 9.17) is 5.73 Å². The first-order valence-electron chi connectivity index (χ1n) is 6.29. The summed E-state index contributed by atoms with van der Waals surface area (Å²) in [6, 6.07) is 10.7. The fourth-order valence-corrected chi connectivity index (χ4v) is 2.48. The smallest absolute Gasteiger partial charge is 0.0233 e. The van der Waals surface area contributed by atoms with Crippen molar-refractivity contribution in [2.75, 3.05) is 19.6 Å². The van der Waals surface area contributed by atoms with Gasteiger partial charge in [0.15, 0.2) is 0 Å². The third-order valence-corrected chi connectivity index (χ3v) is 3.51. The van der Waals surface area contributed by atoms with Gasteiger partial charge >= 0.3 is 0 Å². The van der Waals surface area contributed by atoms with E-state index in [0.717, 1.165) is 18.9 Å². The van der Waals surface area contributed by atoms with E-state index in [-0.39, 0.29) is 0 Å². The normalized spacial score (nSPS) is 18.8. The SMILES string of the molecule is [NH]CCC1CCN(Cc2ccccc2)CC1. The average molecular weight is 217 g/mol. The molecule has 16 heavy (non-hydrogen) atoms. The molecule has 1 N–H and O–H groups in total. The molecule has 0 saturated carbocycles. The standard InChI is InChI=1S/C14H21N2/c15-9-6-13-7-10-16(11-8-13)12-14-4-2-1-3-5-14/h1-5,13,15H,6-12H2. The number of nitrogens with one attached hydrogen (secondary N) is 1. The maximum Gasteiger partial charge on any atom is 0.0233 e. The van der Waals surface area contributed by atoms with Gasteiger partial charge in [0, 0.05) is 13.1 Å². The molecule has 0 amide bonds. The first kappa shape index (κ1) is 11.6. The summed E-state index contributed by atoms with van der Waals surface area (Å²) in [5.41, 5.74) is 8.67. The number of hydrogen-bond donors (Lipinski definition) is 0. The van der Waals surface area contributed by atoms with E-state index in [1.54, 1.807) is 0 Å². The van der Waals surface area contributed by atoms with Gasteiger partial charge in [-0.3, -0.25) is 10.6 Å². The number of likely N-dealkylation sites (tertiary alicyclic amines) is 1. The lowest BCUT2D eigenvalue weighted by atomic mass is 9.93. The van der Waals surface area contributed by atoms with Crippen molar-refractivity contribution in [2.24, 2.45) is 5.92 Å². The summed E-state index contributed by atoms with van der Waals surface area (Å²) in [6.45, 7) is 4.11. The monoisotopic (exact) mass is 217 g/mol. The summed E-state index contributed by atoms with van der Waals surface area (Å²) in [5, 5.41) is 0. The molecule has 0 bridgehead atoms. The van der Waals surface area contributed by atoms with Crippen LogP contribution in [0.3, 0.4) is 0 Å². The molecule has 0 aromatic heterocycles. The van der Waals surface area contributed by atoms with Crippen molar-refractivity contribution in [3.8, 4) is 0 Å². The second kappa shape index (κ2) is 6.02. The molecule has 1 fully saturated rings. The van der Waals surface area contributed by atoms with Crippen molar-refractivity contribution in [1.82, 2.24) is 10.6 Å². The number of benzene rings is 1. The Morgan fingerprint density at radius 1 is 1.12 bits per heavy atom. The number of piperidine rings is 1. The fourth-order valence-electron chi connectivity index (χ4n) is 2.48. The van der Waals surface area contributed by atoms with E-state index in [9.17, 15) is 0 Å².